The topological polar surface area (TPSA) is 75.9 Å². The van der Waals surface area contributed by atoms with Gasteiger partial charge in [0.1, 0.15) is 12.1 Å². The standard InChI is InChI=1S/C18H20N6O2S/c25-17(15-4-3-14(27-15)13-2-1-11-26-13)23-9-7-22(8-10-23)16-5-6-19-18-21-20-12-24(16)18/h3-6,12-13H,1-2,7-11H2/t13-/m0/s1. The molecule has 0 radical (unpaired) electrons. The third-order valence-electron chi connectivity index (χ3n) is 5.17. The number of piperazine rings is 1. The molecule has 0 aromatic carbocycles. The van der Waals surface area contributed by atoms with Gasteiger partial charge in [-0.3, -0.25) is 9.20 Å². The second kappa shape index (κ2) is 6.90. The summed E-state index contributed by atoms with van der Waals surface area (Å²) in [7, 11) is 0. The fourth-order valence-electron chi connectivity index (χ4n) is 3.72. The van der Waals surface area contributed by atoms with Gasteiger partial charge in [0.2, 0.25) is 0 Å². The summed E-state index contributed by atoms with van der Waals surface area (Å²) in [6.45, 7) is 3.75. The molecule has 3 aromatic heterocycles. The van der Waals surface area contributed by atoms with E-state index in [1.54, 1.807) is 23.9 Å². The summed E-state index contributed by atoms with van der Waals surface area (Å²) in [6.07, 6.45) is 5.74. The normalized spacial score (nSPS) is 20.5. The van der Waals surface area contributed by atoms with Gasteiger partial charge in [0.15, 0.2) is 0 Å². The molecule has 2 aliphatic rings. The molecule has 0 saturated carbocycles. The highest BCUT2D eigenvalue weighted by Crippen LogP contribution is 2.33. The van der Waals surface area contributed by atoms with Crippen molar-refractivity contribution in [2.24, 2.45) is 0 Å². The number of nitrogens with zero attached hydrogens (tertiary/aromatic N) is 6. The summed E-state index contributed by atoms with van der Waals surface area (Å²) in [4.78, 5) is 23.2. The van der Waals surface area contributed by atoms with E-state index < -0.39 is 0 Å². The van der Waals surface area contributed by atoms with Gasteiger partial charge in [0.05, 0.1) is 11.0 Å². The molecule has 9 heteroatoms. The number of ether oxygens (including phenoxy) is 1. The number of carbonyl (C=O) groups is 1. The van der Waals surface area contributed by atoms with E-state index in [9.17, 15) is 4.79 Å². The van der Waals surface area contributed by atoms with E-state index in [1.165, 1.54) is 4.88 Å². The number of anilines is 1. The van der Waals surface area contributed by atoms with Gasteiger partial charge in [0, 0.05) is 43.9 Å². The number of hydrogen-bond acceptors (Lipinski definition) is 7. The Balaban J connectivity index is 1.26. The number of hydrogen-bond donors (Lipinski definition) is 0. The number of thiophene rings is 1. The number of carbonyl (C=O) groups excluding carboxylic acids is 1. The molecule has 1 amide bonds. The molecule has 0 N–H and O–H groups in total. The maximum Gasteiger partial charge on any atom is 0.264 e. The van der Waals surface area contributed by atoms with Crippen LogP contribution in [0.25, 0.3) is 5.78 Å². The van der Waals surface area contributed by atoms with E-state index in [0.29, 0.717) is 18.9 Å². The molecule has 27 heavy (non-hydrogen) atoms. The monoisotopic (exact) mass is 384 g/mol. The van der Waals surface area contributed by atoms with E-state index in [1.807, 2.05) is 27.5 Å². The smallest absolute Gasteiger partial charge is 0.264 e. The van der Waals surface area contributed by atoms with Crippen molar-refractivity contribution in [3.63, 3.8) is 0 Å². The fraction of sp³-hybridized carbons (Fsp3) is 0.444. The minimum absolute atomic E-state index is 0.119. The highest BCUT2D eigenvalue weighted by molar-refractivity contribution is 7.14. The van der Waals surface area contributed by atoms with E-state index in [4.69, 9.17) is 4.74 Å². The van der Waals surface area contributed by atoms with Gasteiger partial charge in [-0.05, 0) is 31.0 Å². The van der Waals surface area contributed by atoms with Crippen LogP contribution in [0.15, 0.2) is 30.7 Å². The van der Waals surface area contributed by atoms with E-state index in [0.717, 1.165) is 43.2 Å². The van der Waals surface area contributed by atoms with Crippen LogP contribution in [0.2, 0.25) is 0 Å². The Bertz CT molecular complexity index is 956. The van der Waals surface area contributed by atoms with Crippen LogP contribution in [-0.4, -0.2) is 63.2 Å². The molecule has 0 unspecified atom stereocenters. The molecule has 0 bridgehead atoms. The molecule has 3 aromatic rings. The summed E-state index contributed by atoms with van der Waals surface area (Å²) < 4.78 is 7.61. The second-order valence-corrected chi connectivity index (χ2v) is 7.90. The molecule has 2 fully saturated rings. The van der Waals surface area contributed by atoms with Crippen LogP contribution in [0.5, 0.6) is 0 Å². The predicted molar refractivity (Wildman–Crippen MR) is 101 cm³/mol. The molecule has 2 aliphatic heterocycles. The summed E-state index contributed by atoms with van der Waals surface area (Å²) in [5, 5.41) is 7.92. The predicted octanol–water partition coefficient (Wildman–Crippen LogP) is 2.00. The first kappa shape index (κ1) is 16.6. The minimum Gasteiger partial charge on any atom is -0.373 e. The van der Waals surface area contributed by atoms with Gasteiger partial charge in [-0.15, -0.1) is 21.5 Å². The van der Waals surface area contributed by atoms with Gasteiger partial charge in [-0.25, -0.2) is 4.98 Å². The first-order valence-electron chi connectivity index (χ1n) is 9.20. The van der Waals surface area contributed by atoms with Gasteiger partial charge in [0.25, 0.3) is 11.7 Å². The highest BCUT2D eigenvalue weighted by atomic mass is 32.1. The van der Waals surface area contributed by atoms with Crippen molar-refractivity contribution in [2.45, 2.75) is 18.9 Å². The van der Waals surface area contributed by atoms with Crippen LogP contribution < -0.4 is 4.90 Å². The zero-order valence-corrected chi connectivity index (χ0v) is 15.6. The molecule has 0 aliphatic carbocycles. The van der Waals surface area contributed by atoms with Crippen LogP contribution >= 0.6 is 11.3 Å². The highest BCUT2D eigenvalue weighted by Gasteiger charge is 2.26. The quantitative estimate of drug-likeness (QED) is 0.688. The summed E-state index contributed by atoms with van der Waals surface area (Å²) in [5.41, 5.74) is 0. The van der Waals surface area contributed by atoms with Gasteiger partial charge in [-0.2, -0.15) is 0 Å². The van der Waals surface area contributed by atoms with Crippen molar-refractivity contribution < 1.29 is 9.53 Å². The van der Waals surface area contributed by atoms with Crippen molar-refractivity contribution in [3.05, 3.63) is 40.5 Å². The molecular formula is C18H20N6O2S. The van der Waals surface area contributed by atoms with Crippen LogP contribution in [0, 0.1) is 0 Å². The third kappa shape index (κ3) is 3.06. The number of amides is 1. The largest absolute Gasteiger partial charge is 0.373 e. The lowest BCUT2D eigenvalue weighted by molar-refractivity contribution is 0.0751. The Kier molecular flexibility index (Phi) is 4.25. The Labute approximate surface area is 160 Å². The van der Waals surface area contributed by atoms with Gasteiger partial charge >= 0.3 is 0 Å². The Morgan fingerprint density at radius 3 is 2.89 bits per heavy atom. The van der Waals surface area contributed by atoms with Crippen LogP contribution in [0.3, 0.4) is 0 Å². The molecule has 0 spiro atoms. The average Bonchev–Trinajstić information content (AvgIpc) is 3.48. The maximum absolute atomic E-state index is 12.9. The molecule has 2 saturated heterocycles. The first-order valence-corrected chi connectivity index (χ1v) is 10.0. The van der Waals surface area contributed by atoms with Crippen LogP contribution in [0.4, 0.5) is 5.82 Å². The van der Waals surface area contributed by atoms with Crippen LogP contribution in [-0.2, 0) is 4.74 Å². The first-order chi connectivity index (χ1) is 13.3. The summed E-state index contributed by atoms with van der Waals surface area (Å²) >= 11 is 1.57. The van der Waals surface area contributed by atoms with Crippen molar-refractivity contribution in [1.82, 2.24) is 24.5 Å². The Morgan fingerprint density at radius 1 is 1.19 bits per heavy atom. The number of aromatic nitrogens is 4. The second-order valence-electron chi connectivity index (χ2n) is 6.79. The van der Waals surface area contributed by atoms with Crippen molar-refractivity contribution in [1.29, 1.82) is 0 Å². The van der Waals surface area contributed by atoms with Crippen molar-refractivity contribution in [2.75, 3.05) is 37.7 Å². The van der Waals surface area contributed by atoms with Crippen molar-refractivity contribution in [3.8, 4) is 0 Å². The summed E-state index contributed by atoms with van der Waals surface area (Å²) in [5.74, 6) is 1.72. The molecule has 5 heterocycles. The van der Waals surface area contributed by atoms with E-state index in [2.05, 4.69) is 20.1 Å². The third-order valence-corrected chi connectivity index (χ3v) is 6.33. The SMILES string of the molecule is O=C(c1ccc([C@@H]2CCCO2)s1)N1CCN(c2ccnc3nncn23)CC1. The Hall–Kier alpha value is -2.52. The molecule has 5 rings (SSSR count). The zero-order valence-electron chi connectivity index (χ0n) is 14.8. The van der Waals surface area contributed by atoms with Crippen LogP contribution in [0.1, 0.15) is 33.5 Å². The van der Waals surface area contributed by atoms with Gasteiger partial charge in [-0.1, -0.05) is 0 Å². The maximum atomic E-state index is 12.9. The number of fused-ring (bicyclic) bond motifs is 1. The van der Waals surface area contributed by atoms with E-state index in [-0.39, 0.29) is 12.0 Å². The average molecular weight is 384 g/mol. The zero-order chi connectivity index (χ0) is 18.2. The Morgan fingerprint density at radius 2 is 2.07 bits per heavy atom. The number of rotatable bonds is 3. The molecule has 8 nitrogen and oxygen atoms in total. The van der Waals surface area contributed by atoms with E-state index >= 15 is 0 Å². The lowest BCUT2D eigenvalue weighted by atomic mass is 10.2. The van der Waals surface area contributed by atoms with Gasteiger partial charge < -0.3 is 14.5 Å². The molecule has 140 valence electrons. The summed E-state index contributed by atoms with van der Waals surface area (Å²) in [6, 6.07) is 5.95. The molecular weight excluding hydrogens is 364 g/mol. The lowest BCUT2D eigenvalue weighted by Crippen LogP contribution is -2.49. The lowest BCUT2D eigenvalue weighted by Gasteiger charge is -2.35. The van der Waals surface area contributed by atoms with Crippen molar-refractivity contribution >= 4 is 28.8 Å². The minimum atomic E-state index is 0.119. The fourth-order valence-corrected chi connectivity index (χ4v) is 4.78. The molecule has 1 atom stereocenters.